The molecule has 0 fully saturated rings. The molecule has 1 aromatic rings. The van der Waals surface area contributed by atoms with Gasteiger partial charge in [0.05, 0.1) is 12.7 Å². The van der Waals surface area contributed by atoms with Gasteiger partial charge in [-0.05, 0) is 42.4 Å². The van der Waals surface area contributed by atoms with E-state index in [9.17, 15) is 5.11 Å². The lowest BCUT2D eigenvalue weighted by atomic mass is 9.94. The maximum atomic E-state index is 10.1. The Bertz CT molecular complexity index is 387. The second-order valence-electron chi connectivity index (χ2n) is 5.41. The number of benzene rings is 1. The number of hydrogen-bond donors (Lipinski definition) is 1. The van der Waals surface area contributed by atoms with Gasteiger partial charge in [-0.3, -0.25) is 0 Å². The highest BCUT2D eigenvalue weighted by molar-refractivity contribution is 5.39. The first-order chi connectivity index (χ1) is 8.70. The number of aliphatic hydroxyl groups excluding tert-OH is 1. The maximum absolute atomic E-state index is 10.1. The molecule has 2 heteroatoms. The zero-order valence-electron chi connectivity index (χ0n) is 11.5. The first kappa shape index (κ1) is 13.4. The molecule has 100 valence electrons. The fourth-order valence-corrected chi connectivity index (χ4v) is 2.64. The van der Waals surface area contributed by atoms with Gasteiger partial charge in [0.25, 0.3) is 0 Å². The van der Waals surface area contributed by atoms with Crippen LogP contribution in [0.4, 0.5) is 0 Å². The average molecular weight is 248 g/mol. The van der Waals surface area contributed by atoms with Crippen LogP contribution in [0.3, 0.4) is 0 Å². The van der Waals surface area contributed by atoms with Crippen molar-refractivity contribution in [2.45, 2.75) is 52.1 Å². The molecule has 1 aliphatic rings. The predicted octanol–water partition coefficient (Wildman–Crippen LogP) is 3.35. The van der Waals surface area contributed by atoms with E-state index >= 15 is 0 Å². The molecule has 0 amide bonds. The van der Waals surface area contributed by atoms with Crippen LogP contribution in [0.2, 0.25) is 0 Å². The molecule has 2 unspecified atom stereocenters. The lowest BCUT2D eigenvalue weighted by molar-refractivity contribution is 0.103. The Hall–Kier alpha value is -1.02. The molecule has 18 heavy (non-hydrogen) atoms. The first-order valence-corrected chi connectivity index (χ1v) is 7.13. The van der Waals surface area contributed by atoms with Crippen molar-refractivity contribution < 1.29 is 9.84 Å². The molecule has 2 rings (SSSR count). The average Bonchev–Trinajstić information content (AvgIpc) is 2.83. The van der Waals surface area contributed by atoms with Crippen molar-refractivity contribution in [1.82, 2.24) is 0 Å². The van der Waals surface area contributed by atoms with E-state index in [0.29, 0.717) is 5.92 Å². The summed E-state index contributed by atoms with van der Waals surface area (Å²) in [5.41, 5.74) is 2.64. The zero-order chi connectivity index (χ0) is 13.0. The van der Waals surface area contributed by atoms with Crippen molar-refractivity contribution in [1.29, 1.82) is 0 Å². The van der Waals surface area contributed by atoms with E-state index in [-0.39, 0.29) is 6.10 Å². The van der Waals surface area contributed by atoms with Crippen molar-refractivity contribution in [2.75, 3.05) is 6.61 Å². The van der Waals surface area contributed by atoms with E-state index in [1.54, 1.807) is 0 Å². The lowest BCUT2D eigenvalue weighted by Crippen LogP contribution is -2.18. The minimum atomic E-state index is -0.172. The summed E-state index contributed by atoms with van der Waals surface area (Å²) in [6, 6.07) is 6.43. The minimum absolute atomic E-state index is 0.172. The maximum Gasteiger partial charge on any atom is 0.122 e. The third-order valence-electron chi connectivity index (χ3n) is 3.88. The molecule has 0 aliphatic carbocycles. The number of rotatable bonds is 6. The van der Waals surface area contributed by atoms with E-state index in [4.69, 9.17) is 4.74 Å². The van der Waals surface area contributed by atoms with E-state index in [2.05, 4.69) is 32.0 Å². The molecule has 1 heterocycles. The second-order valence-corrected chi connectivity index (χ2v) is 5.41. The monoisotopic (exact) mass is 248 g/mol. The highest BCUT2D eigenvalue weighted by Crippen LogP contribution is 2.26. The number of aryl methyl sites for hydroxylation is 1. The van der Waals surface area contributed by atoms with Gasteiger partial charge in [-0.1, -0.05) is 32.4 Å². The van der Waals surface area contributed by atoms with Gasteiger partial charge in [-0.25, -0.2) is 0 Å². The van der Waals surface area contributed by atoms with Crippen molar-refractivity contribution in [3.63, 3.8) is 0 Å². The summed E-state index contributed by atoms with van der Waals surface area (Å²) in [6.45, 7) is 5.13. The van der Waals surface area contributed by atoms with Crippen molar-refractivity contribution in [3.8, 4) is 5.75 Å². The molecule has 1 aromatic carbocycles. The molecule has 0 spiro atoms. The molecule has 0 radical (unpaired) electrons. The number of hydrogen-bond acceptors (Lipinski definition) is 2. The van der Waals surface area contributed by atoms with Gasteiger partial charge in [-0.15, -0.1) is 0 Å². The quantitative estimate of drug-likeness (QED) is 0.836. The minimum Gasteiger partial charge on any atom is -0.493 e. The van der Waals surface area contributed by atoms with Gasteiger partial charge < -0.3 is 9.84 Å². The van der Waals surface area contributed by atoms with Gasteiger partial charge in [0.1, 0.15) is 5.75 Å². The van der Waals surface area contributed by atoms with Crippen LogP contribution < -0.4 is 4.74 Å². The number of ether oxygens (including phenoxy) is 1. The van der Waals surface area contributed by atoms with Gasteiger partial charge in [0, 0.05) is 6.42 Å². The summed E-state index contributed by atoms with van der Waals surface area (Å²) in [7, 11) is 0. The van der Waals surface area contributed by atoms with E-state index in [0.717, 1.165) is 44.5 Å². The van der Waals surface area contributed by atoms with Crippen LogP contribution in [0.25, 0.3) is 0 Å². The van der Waals surface area contributed by atoms with E-state index in [1.807, 2.05) is 0 Å². The predicted molar refractivity (Wildman–Crippen MR) is 74.0 cm³/mol. The Kier molecular flexibility index (Phi) is 4.65. The summed E-state index contributed by atoms with van der Waals surface area (Å²) in [5, 5.41) is 10.1. The Morgan fingerprint density at radius 3 is 2.94 bits per heavy atom. The molecular weight excluding hydrogens is 224 g/mol. The van der Waals surface area contributed by atoms with Crippen LogP contribution in [-0.4, -0.2) is 17.8 Å². The van der Waals surface area contributed by atoms with Crippen LogP contribution >= 0.6 is 0 Å². The molecule has 0 saturated carbocycles. The molecule has 0 saturated heterocycles. The normalized spacial score (nSPS) is 17.1. The summed E-state index contributed by atoms with van der Waals surface area (Å²) in [6.07, 6.45) is 4.93. The third kappa shape index (κ3) is 3.26. The summed E-state index contributed by atoms with van der Waals surface area (Å²) >= 11 is 0. The second kappa shape index (κ2) is 6.24. The Balaban J connectivity index is 1.86. The molecule has 2 nitrogen and oxygen atoms in total. The third-order valence-corrected chi connectivity index (χ3v) is 3.88. The van der Waals surface area contributed by atoms with E-state index < -0.39 is 0 Å². The van der Waals surface area contributed by atoms with Crippen LogP contribution in [-0.2, 0) is 12.8 Å². The van der Waals surface area contributed by atoms with Crippen LogP contribution in [0.5, 0.6) is 5.75 Å². The van der Waals surface area contributed by atoms with Gasteiger partial charge in [-0.2, -0.15) is 0 Å². The molecular formula is C16H24O2. The van der Waals surface area contributed by atoms with Gasteiger partial charge in [0.2, 0.25) is 0 Å². The zero-order valence-corrected chi connectivity index (χ0v) is 11.5. The summed E-state index contributed by atoms with van der Waals surface area (Å²) in [5.74, 6) is 1.45. The van der Waals surface area contributed by atoms with Crippen LogP contribution in [0, 0.1) is 5.92 Å². The van der Waals surface area contributed by atoms with Crippen molar-refractivity contribution in [2.24, 2.45) is 5.92 Å². The Morgan fingerprint density at radius 2 is 2.17 bits per heavy atom. The topological polar surface area (TPSA) is 29.5 Å². The summed E-state index contributed by atoms with van der Waals surface area (Å²) < 4.78 is 5.50. The van der Waals surface area contributed by atoms with Crippen molar-refractivity contribution >= 4 is 0 Å². The van der Waals surface area contributed by atoms with Gasteiger partial charge >= 0.3 is 0 Å². The smallest absolute Gasteiger partial charge is 0.122 e. The Morgan fingerprint density at radius 1 is 1.33 bits per heavy atom. The molecule has 2 atom stereocenters. The number of aliphatic hydroxyl groups is 1. The van der Waals surface area contributed by atoms with E-state index in [1.165, 1.54) is 11.1 Å². The molecule has 0 bridgehead atoms. The molecule has 1 N–H and O–H groups in total. The highest BCUT2D eigenvalue weighted by atomic mass is 16.5. The fourth-order valence-electron chi connectivity index (χ4n) is 2.64. The van der Waals surface area contributed by atoms with Crippen LogP contribution in [0.1, 0.15) is 44.2 Å². The SMILES string of the molecule is CCCC(C)C(O)CCc1ccc2c(c1)CCO2. The van der Waals surface area contributed by atoms with Crippen LogP contribution in [0.15, 0.2) is 18.2 Å². The Labute approximate surface area is 110 Å². The van der Waals surface area contributed by atoms with Gasteiger partial charge in [0.15, 0.2) is 0 Å². The highest BCUT2D eigenvalue weighted by Gasteiger charge is 2.15. The number of fused-ring (bicyclic) bond motifs is 1. The van der Waals surface area contributed by atoms with Crippen molar-refractivity contribution in [3.05, 3.63) is 29.3 Å². The summed E-state index contributed by atoms with van der Waals surface area (Å²) in [4.78, 5) is 0. The largest absolute Gasteiger partial charge is 0.493 e. The first-order valence-electron chi connectivity index (χ1n) is 7.13. The molecule has 0 aromatic heterocycles. The molecule has 1 aliphatic heterocycles. The lowest BCUT2D eigenvalue weighted by Gasteiger charge is -2.18. The standard InChI is InChI=1S/C16H24O2/c1-3-4-12(2)15(17)7-5-13-6-8-16-14(11-13)9-10-18-16/h6,8,11-12,15,17H,3-5,7,9-10H2,1-2H3. The fraction of sp³-hybridized carbons (Fsp3) is 0.625.